The smallest absolute Gasteiger partial charge is 0.230 e. The molecule has 1 unspecified atom stereocenters. The summed E-state index contributed by atoms with van der Waals surface area (Å²) in [5.41, 5.74) is 0.222. The number of hydrogen-bond acceptors (Lipinski definition) is 2. The Morgan fingerprint density at radius 2 is 2.00 bits per heavy atom. The summed E-state index contributed by atoms with van der Waals surface area (Å²) in [5, 5.41) is 0. The summed E-state index contributed by atoms with van der Waals surface area (Å²) in [6, 6.07) is 6.62. The molecule has 26 heavy (non-hydrogen) atoms. The monoisotopic (exact) mass is 358 g/mol. The van der Waals surface area contributed by atoms with Gasteiger partial charge in [0.1, 0.15) is 5.82 Å². The van der Waals surface area contributed by atoms with Crippen molar-refractivity contribution in [1.82, 2.24) is 9.80 Å². The number of likely N-dealkylation sites (tertiary alicyclic amines) is 2. The molecule has 3 aliphatic rings. The summed E-state index contributed by atoms with van der Waals surface area (Å²) in [5.74, 6) is 0.752. The van der Waals surface area contributed by atoms with E-state index in [0.717, 1.165) is 32.4 Å². The van der Waals surface area contributed by atoms with Gasteiger partial charge in [-0.1, -0.05) is 18.2 Å². The topological polar surface area (TPSA) is 40.6 Å². The van der Waals surface area contributed by atoms with Crippen LogP contribution in [0.2, 0.25) is 0 Å². The molecule has 1 atom stereocenters. The second kappa shape index (κ2) is 7.01. The average Bonchev–Trinajstić information content (AvgIpc) is 3.36. The molecule has 4 nitrogen and oxygen atoms in total. The Bertz CT molecular complexity index is 703. The number of rotatable bonds is 5. The summed E-state index contributed by atoms with van der Waals surface area (Å²) in [7, 11) is 0. The van der Waals surface area contributed by atoms with Crippen molar-refractivity contribution in [3.05, 3.63) is 35.6 Å². The van der Waals surface area contributed by atoms with Crippen LogP contribution in [0.3, 0.4) is 0 Å². The Balaban J connectivity index is 1.35. The molecule has 1 aliphatic carbocycles. The summed E-state index contributed by atoms with van der Waals surface area (Å²) >= 11 is 0. The molecular weight excluding hydrogens is 331 g/mol. The third-order valence-corrected chi connectivity index (χ3v) is 6.27. The van der Waals surface area contributed by atoms with Crippen molar-refractivity contribution in [2.45, 2.75) is 44.9 Å². The van der Waals surface area contributed by atoms with E-state index in [4.69, 9.17) is 0 Å². The number of amides is 2. The van der Waals surface area contributed by atoms with Gasteiger partial charge in [0.25, 0.3) is 0 Å². The number of hydrogen-bond donors (Lipinski definition) is 0. The van der Waals surface area contributed by atoms with E-state index in [9.17, 15) is 14.0 Å². The first-order chi connectivity index (χ1) is 12.6. The van der Waals surface area contributed by atoms with Crippen LogP contribution in [-0.2, 0) is 16.0 Å². The number of aryl methyl sites for hydroxylation is 1. The van der Waals surface area contributed by atoms with Crippen molar-refractivity contribution in [2.24, 2.45) is 11.3 Å². The lowest BCUT2D eigenvalue weighted by Crippen LogP contribution is -2.50. The highest BCUT2D eigenvalue weighted by molar-refractivity contribution is 5.86. The van der Waals surface area contributed by atoms with E-state index < -0.39 is 0 Å². The Morgan fingerprint density at radius 1 is 1.19 bits per heavy atom. The first-order valence-corrected chi connectivity index (χ1v) is 9.88. The molecule has 2 heterocycles. The van der Waals surface area contributed by atoms with Crippen molar-refractivity contribution in [3.63, 3.8) is 0 Å². The molecule has 2 amide bonds. The molecule has 3 fully saturated rings. The van der Waals surface area contributed by atoms with Crippen LogP contribution in [0, 0.1) is 17.2 Å². The third-order valence-electron chi connectivity index (χ3n) is 6.27. The van der Waals surface area contributed by atoms with Crippen molar-refractivity contribution in [2.75, 3.05) is 26.2 Å². The molecule has 0 radical (unpaired) electrons. The fourth-order valence-corrected chi connectivity index (χ4v) is 4.50. The summed E-state index contributed by atoms with van der Waals surface area (Å²) in [6.45, 7) is 2.97. The lowest BCUT2D eigenvalue weighted by molar-refractivity contribution is -0.146. The van der Waals surface area contributed by atoms with Gasteiger partial charge in [0, 0.05) is 32.6 Å². The molecule has 0 N–H and O–H groups in total. The van der Waals surface area contributed by atoms with Crippen LogP contribution in [0.25, 0.3) is 0 Å². The van der Waals surface area contributed by atoms with Gasteiger partial charge in [0.2, 0.25) is 11.8 Å². The number of benzene rings is 1. The van der Waals surface area contributed by atoms with Crippen LogP contribution in [0.5, 0.6) is 0 Å². The van der Waals surface area contributed by atoms with Crippen LogP contribution in [-0.4, -0.2) is 47.8 Å². The summed E-state index contributed by atoms with van der Waals surface area (Å²) in [6.07, 6.45) is 5.92. The number of piperidine rings is 1. The van der Waals surface area contributed by atoms with Gasteiger partial charge in [-0.25, -0.2) is 4.39 Å². The van der Waals surface area contributed by atoms with Crippen molar-refractivity contribution < 1.29 is 14.0 Å². The maximum Gasteiger partial charge on any atom is 0.230 e. The molecule has 5 heteroatoms. The molecule has 2 aliphatic heterocycles. The standard InChI is InChI=1S/C21H27FN2O2/c22-18-5-2-1-4-17(18)8-9-19(25)24-13-11-21(15-24)10-3-12-23(20(21)26)14-16-6-7-16/h1-2,4-5,16H,3,6-15H2. The highest BCUT2D eigenvalue weighted by Gasteiger charge is 2.49. The number of nitrogens with zero attached hydrogens (tertiary/aromatic N) is 2. The Morgan fingerprint density at radius 3 is 2.77 bits per heavy atom. The number of halogens is 1. The van der Waals surface area contributed by atoms with Gasteiger partial charge < -0.3 is 9.80 Å². The van der Waals surface area contributed by atoms with Crippen molar-refractivity contribution in [1.29, 1.82) is 0 Å². The average molecular weight is 358 g/mol. The molecular formula is C21H27FN2O2. The molecule has 140 valence electrons. The first-order valence-electron chi connectivity index (χ1n) is 9.88. The zero-order chi connectivity index (χ0) is 18.1. The minimum Gasteiger partial charge on any atom is -0.342 e. The zero-order valence-corrected chi connectivity index (χ0v) is 15.3. The molecule has 0 aromatic heterocycles. The molecule has 1 aromatic carbocycles. The fraction of sp³-hybridized carbons (Fsp3) is 0.619. The SMILES string of the molecule is O=C(CCc1ccccc1F)N1CCC2(CCCN(CC3CC3)C2=O)C1. The second-order valence-corrected chi connectivity index (χ2v) is 8.24. The molecule has 1 saturated carbocycles. The van der Waals surface area contributed by atoms with Gasteiger partial charge >= 0.3 is 0 Å². The fourth-order valence-electron chi connectivity index (χ4n) is 4.50. The van der Waals surface area contributed by atoms with Crippen molar-refractivity contribution in [3.8, 4) is 0 Å². The van der Waals surface area contributed by atoms with Gasteiger partial charge in [-0.3, -0.25) is 9.59 Å². The third kappa shape index (κ3) is 3.49. The summed E-state index contributed by atoms with van der Waals surface area (Å²) < 4.78 is 13.7. The van der Waals surface area contributed by atoms with Crippen LogP contribution in [0.1, 0.15) is 44.1 Å². The van der Waals surface area contributed by atoms with Gasteiger partial charge in [0.15, 0.2) is 0 Å². The van der Waals surface area contributed by atoms with E-state index in [1.807, 2.05) is 4.90 Å². The predicted molar refractivity (Wildman–Crippen MR) is 96.9 cm³/mol. The molecule has 1 aromatic rings. The van der Waals surface area contributed by atoms with E-state index in [0.29, 0.717) is 37.4 Å². The highest BCUT2D eigenvalue weighted by Crippen LogP contribution is 2.41. The Kier molecular flexibility index (Phi) is 4.72. The summed E-state index contributed by atoms with van der Waals surface area (Å²) in [4.78, 5) is 29.5. The molecule has 4 rings (SSSR count). The number of carbonyl (C=O) groups is 2. The van der Waals surface area contributed by atoms with E-state index >= 15 is 0 Å². The van der Waals surface area contributed by atoms with E-state index in [2.05, 4.69) is 4.90 Å². The van der Waals surface area contributed by atoms with Crippen LogP contribution >= 0.6 is 0 Å². The first kappa shape index (κ1) is 17.5. The van der Waals surface area contributed by atoms with Crippen molar-refractivity contribution >= 4 is 11.8 Å². The second-order valence-electron chi connectivity index (χ2n) is 8.24. The van der Waals surface area contributed by atoms with E-state index in [-0.39, 0.29) is 23.0 Å². The van der Waals surface area contributed by atoms with Crippen LogP contribution < -0.4 is 0 Å². The normalized spacial score (nSPS) is 26.0. The van der Waals surface area contributed by atoms with Gasteiger partial charge in [-0.2, -0.15) is 0 Å². The lowest BCUT2D eigenvalue weighted by Gasteiger charge is -2.39. The molecule has 1 spiro atoms. The number of carbonyl (C=O) groups excluding carboxylic acids is 2. The molecule has 2 saturated heterocycles. The quantitative estimate of drug-likeness (QED) is 0.812. The van der Waals surface area contributed by atoms with Crippen LogP contribution in [0.15, 0.2) is 24.3 Å². The maximum absolute atomic E-state index is 13.7. The highest BCUT2D eigenvalue weighted by atomic mass is 19.1. The van der Waals surface area contributed by atoms with E-state index in [1.165, 1.54) is 18.9 Å². The van der Waals surface area contributed by atoms with Gasteiger partial charge in [-0.15, -0.1) is 0 Å². The zero-order valence-electron chi connectivity index (χ0n) is 15.3. The van der Waals surface area contributed by atoms with Gasteiger partial charge in [0.05, 0.1) is 5.41 Å². The Labute approximate surface area is 154 Å². The van der Waals surface area contributed by atoms with E-state index in [1.54, 1.807) is 18.2 Å². The largest absolute Gasteiger partial charge is 0.342 e. The molecule has 0 bridgehead atoms. The maximum atomic E-state index is 13.7. The lowest BCUT2D eigenvalue weighted by atomic mass is 9.78. The van der Waals surface area contributed by atoms with Gasteiger partial charge in [-0.05, 0) is 56.1 Å². The Hall–Kier alpha value is -1.91. The minimum atomic E-state index is -0.360. The van der Waals surface area contributed by atoms with Crippen LogP contribution in [0.4, 0.5) is 4.39 Å². The predicted octanol–water partition coefficient (Wildman–Crippen LogP) is 3.01. The minimum absolute atomic E-state index is 0.0391.